The van der Waals surface area contributed by atoms with Gasteiger partial charge in [0.05, 0.1) is 13.2 Å². The number of hydrogen-bond acceptors (Lipinski definition) is 3. The van der Waals surface area contributed by atoms with Crippen molar-refractivity contribution in [2.75, 3.05) is 19.8 Å². The Bertz CT molecular complexity index is 359. The third-order valence-electron chi connectivity index (χ3n) is 3.93. The smallest absolute Gasteiger partial charge is 0.119 e. The molecule has 1 aliphatic carbocycles. The predicted molar refractivity (Wildman–Crippen MR) is 82.0 cm³/mol. The molecule has 1 saturated carbocycles. The molecule has 0 aromatic heterocycles. The summed E-state index contributed by atoms with van der Waals surface area (Å²) in [6, 6.07) is 9.90. The molecular formula is C17H27NO2. The Kier molecular flexibility index (Phi) is 6.34. The van der Waals surface area contributed by atoms with Crippen molar-refractivity contribution in [3.8, 4) is 5.75 Å². The molecule has 0 aliphatic heterocycles. The quantitative estimate of drug-likeness (QED) is 0.612. The van der Waals surface area contributed by atoms with Crippen LogP contribution in [0.2, 0.25) is 0 Å². The highest BCUT2D eigenvalue weighted by Crippen LogP contribution is 2.25. The van der Waals surface area contributed by atoms with Crippen LogP contribution in [0.4, 0.5) is 0 Å². The van der Waals surface area contributed by atoms with Gasteiger partial charge in [0.2, 0.25) is 0 Å². The summed E-state index contributed by atoms with van der Waals surface area (Å²) in [5.74, 6) is 0.923. The number of rotatable bonds is 7. The molecule has 0 heterocycles. The molecule has 3 nitrogen and oxygen atoms in total. The molecule has 1 fully saturated rings. The molecule has 1 aliphatic rings. The van der Waals surface area contributed by atoms with Crippen LogP contribution >= 0.6 is 0 Å². The van der Waals surface area contributed by atoms with Crippen LogP contribution in [0.1, 0.15) is 44.9 Å². The van der Waals surface area contributed by atoms with Gasteiger partial charge >= 0.3 is 0 Å². The molecule has 1 aromatic rings. The maximum Gasteiger partial charge on any atom is 0.119 e. The average molecular weight is 277 g/mol. The zero-order valence-electron chi connectivity index (χ0n) is 12.4. The van der Waals surface area contributed by atoms with Gasteiger partial charge in [-0.3, -0.25) is 0 Å². The summed E-state index contributed by atoms with van der Waals surface area (Å²) in [5.41, 5.74) is 6.32. The highest BCUT2D eigenvalue weighted by molar-refractivity contribution is 5.20. The fourth-order valence-corrected chi connectivity index (χ4v) is 2.72. The Morgan fingerprint density at radius 3 is 2.35 bits per heavy atom. The van der Waals surface area contributed by atoms with E-state index >= 15 is 0 Å². The lowest BCUT2D eigenvalue weighted by Crippen LogP contribution is -2.44. The van der Waals surface area contributed by atoms with Crippen molar-refractivity contribution in [2.24, 2.45) is 5.73 Å². The van der Waals surface area contributed by atoms with Crippen LogP contribution in [0.5, 0.6) is 5.75 Å². The first-order chi connectivity index (χ1) is 9.79. The first-order valence-corrected chi connectivity index (χ1v) is 7.83. The topological polar surface area (TPSA) is 44.5 Å². The summed E-state index contributed by atoms with van der Waals surface area (Å²) in [6.07, 6.45) is 8.26. The minimum absolute atomic E-state index is 0.0865. The second-order valence-electron chi connectivity index (χ2n) is 5.84. The maximum absolute atomic E-state index is 6.41. The Labute approximate surface area is 122 Å². The van der Waals surface area contributed by atoms with E-state index in [4.69, 9.17) is 15.2 Å². The molecule has 112 valence electrons. The van der Waals surface area contributed by atoms with Gasteiger partial charge in [-0.15, -0.1) is 0 Å². The van der Waals surface area contributed by atoms with Crippen LogP contribution in [0, 0.1) is 0 Å². The minimum atomic E-state index is -0.0865. The van der Waals surface area contributed by atoms with E-state index in [0.717, 1.165) is 31.6 Å². The second kappa shape index (κ2) is 8.28. The van der Waals surface area contributed by atoms with Crippen molar-refractivity contribution in [3.63, 3.8) is 0 Å². The standard InChI is InChI=1S/C17H27NO2/c18-17(11-6-1-2-7-12-17)15-19-13-8-14-20-16-9-4-3-5-10-16/h3-5,9-10H,1-2,6-8,11-15,18H2. The monoisotopic (exact) mass is 277 g/mol. The number of para-hydroxylation sites is 1. The highest BCUT2D eigenvalue weighted by Gasteiger charge is 2.26. The van der Waals surface area contributed by atoms with Crippen molar-refractivity contribution in [1.29, 1.82) is 0 Å². The molecule has 2 N–H and O–H groups in total. The van der Waals surface area contributed by atoms with Crippen LogP contribution in [-0.4, -0.2) is 25.4 Å². The normalized spacial score (nSPS) is 18.4. The van der Waals surface area contributed by atoms with E-state index in [1.807, 2.05) is 30.3 Å². The lowest BCUT2D eigenvalue weighted by Gasteiger charge is -2.27. The SMILES string of the molecule is NC1(COCCCOc2ccccc2)CCCCCC1. The van der Waals surface area contributed by atoms with Crippen molar-refractivity contribution in [2.45, 2.75) is 50.5 Å². The van der Waals surface area contributed by atoms with Gasteiger partial charge in [0, 0.05) is 18.6 Å². The molecule has 0 radical (unpaired) electrons. The molecule has 2 rings (SSSR count). The van der Waals surface area contributed by atoms with Crippen LogP contribution < -0.4 is 10.5 Å². The zero-order chi connectivity index (χ0) is 14.1. The van der Waals surface area contributed by atoms with Crippen LogP contribution in [0.15, 0.2) is 30.3 Å². The van der Waals surface area contributed by atoms with E-state index in [9.17, 15) is 0 Å². The maximum atomic E-state index is 6.41. The van der Waals surface area contributed by atoms with Gasteiger partial charge in [-0.05, 0) is 25.0 Å². The first kappa shape index (κ1) is 15.3. The van der Waals surface area contributed by atoms with Gasteiger partial charge in [-0.1, -0.05) is 43.9 Å². The molecule has 0 amide bonds. The Morgan fingerprint density at radius 2 is 1.65 bits per heavy atom. The van der Waals surface area contributed by atoms with Gasteiger partial charge in [0.25, 0.3) is 0 Å². The van der Waals surface area contributed by atoms with E-state index in [1.165, 1.54) is 25.7 Å². The first-order valence-electron chi connectivity index (χ1n) is 7.83. The highest BCUT2D eigenvalue weighted by atomic mass is 16.5. The number of ether oxygens (including phenoxy) is 2. The van der Waals surface area contributed by atoms with E-state index in [-0.39, 0.29) is 5.54 Å². The average Bonchev–Trinajstić information content (AvgIpc) is 2.69. The molecular weight excluding hydrogens is 250 g/mol. The summed E-state index contributed by atoms with van der Waals surface area (Å²) in [4.78, 5) is 0. The summed E-state index contributed by atoms with van der Waals surface area (Å²) in [7, 11) is 0. The molecule has 0 atom stereocenters. The largest absolute Gasteiger partial charge is 0.494 e. The molecule has 3 heteroatoms. The van der Waals surface area contributed by atoms with Crippen LogP contribution in [0.25, 0.3) is 0 Å². The molecule has 0 unspecified atom stereocenters. The van der Waals surface area contributed by atoms with E-state index in [0.29, 0.717) is 13.2 Å². The molecule has 20 heavy (non-hydrogen) atoms. The van der Waals surface area contributed by atoms with Gasteiger partial charge in [-0.2, -0.15) is 0 Å². The predicted octanol–water partition coefficient (Wildman–Crippen LogP) is 3.52. The zero-order valence-corrected chi connectivity index (χ0v) is 12.4. The fraction of sp³-hybridized carbons (Fsp3) is 0.647. The van der Waals surface area contributed by atoms with Gasteiger partial charge in [0.15, 0.2) is 0 Å². The van der Waals surface area contributed by atoms with E-state index in [2.05, 4.69) is 0 Å². The van der Waals surface area contributed by atoms with Crippen molar-refractivity contribution in [3.05, 3.63) is 30.3 Å². The van der Waals surface area contributed by atoms with Crippen molar-refractivity contribution >= 4 is 0 Å². The number of nitrogens with two attached hydrogens (primary N) is 1. The van der Waals surface area contributed by atoms with E-state index in [1.54, 1.807) is 0 Å². The van der Waals surface area contributed by atoms with Crippen molar-refractivity contribution in [1.82, 2.24) is 0 Å². The minimum Gasteiger partial charge on any atom is -0.494 e. The third kappa shape index (κ3) is 5.51. The fourth-order valence-electron chi connectivity index (χ4n) is 2.72. The van der Waals surface area contributed by atoms with Crippen LogP contribution in [-0.2, 0) is 4.74 Å². The summed E-state index contributed by atoms with van der Waals surface area (Å²) in [5, 5.41) is 0. The summed E-state index contributed by atoms with van der Waals surface area (Å²) < 4.78 is 11.4. The second-order valence-corrected chi connectivity index (χ2v) is 5.84. The lowest BCUT2D eigenvalue weighted by atomic mass is 9.93. The van der Waals surface area contributed by atoms with Crippen LogP contribution in [0.3, 0.4) is 0 Å². The van der Waals surface area contributed by atoms with Gasteiger partial charge in [0.1, 0.15) is 5.75 Å². The molecule has 0 spiro atoms. The summed E-state index contributed by atoms with van der Waals surface area (Å²) in [6.45, 7) is 2.12. The Morgan fingerprint density at radius 1 is 0.950 bits per heavy atom. The van der Waals surface area contributed by atoms with Crippen molar-refractivity contribution < 1.29 is 9.47 Å². The Hall–Kier alpha value is -1.06. The lowest BCUT2D eigenvalue weighted by molar-refractivity contribution is 0.0698. The number of hydrogen-bond donors (Lipinski definition) is 1. The molecule has 1 aromatic carbocycles. The van der Waals surface area contributed by atoms with Gasteiger partial charge in [-0.25, -0.2) is 0 Å². The Balaban J connectivity index is 1.55. The summed E-state index contributed by atoms with van der Waals surface area (Å²) >= 11 is 0. The van der Waals surface area contributed by atoms with E-state index < -0.39 is 0 Å². The third-order valence-corrected chi connectivity index (χ3v) is 3.93. The van der Waals surface area contributed by atoms with Gasteiger partial charge < -0.3 is 15.2 Å². The molecule has 0 saturated heterocycles. The molecule has 0 bridgehead atoms. The number of benzene rings is 1.